The number of hydrogen-bond acceptors (Lipinski definition) is 1. The molecule has 1 rings (SSSR count). The topological polar surface area (TPSA) is 17.1 Å². The Balaban J connectivity index is 3.13. The lowest BCUT2D eigenvalue weighted by Crippen LogP contribution is -1.97. The van der Waals surface area contributed by atoms with Crippen molar-refractivity contribution in [1.29, 1.82) is 0 Å². The summed E-state index contributed by atoms with van der Waals surface area (Å²) in [5, 5.41) is 0.549. The third kappa shape index (κ3) is 1.86. The zero-order valence-corrected chi connectivity index (χ0v) is 7.98. The largest absolute Gasteiger partial charge is 0.294 e. The number of halogens is 1. The SMILES string of the molecule is CCC(=O)c1cc(C)ccc1Cl. The molecule has 0 amide bonds. The highest BCUT2D eigenvalue weighted by Crippen LogP contribution is 2.18. The van der Waals surface area contributed by atoms with Crippen molar-refractivity contribution in [3.8, 4) is 0 Å². The second-order valence-electron chi connectivity index (χ2n) is 2.76. The van der Waals surface area contributed by atoms with Crippen LogP contribution in [-0.2, 0) is 0 Å². The molecule has 64 valence electrons. The van der Waals surface area contributed by atoms with Crippen molar-refractivity contribution < 1.29 is 4.79 Å². The van der Waals surface area contributed by atoms with Crippen LogP contribution in [0.4, 0.5) is 0 Å². The fraction of sp³-hybridized carbons (Fsp3) is 0.300. The molecular formula is C10H11ClO. The Morgan fingerprint density at radius 2 is 2.17 bits per heavy atom. The second-order valence-corrected chi connectivity index (χ2v) is 3.17. The molecule has 12 heavy (non-hydrogen) atoms. The van der Waals surface area contributed by atoms with Gasteiger partial charge in [-0.15, -0.1) is 0 Å². The summed E-state index contributed by atoms with van der Waals surface area (Å²) < 4.78 is 0. The maximum absolute atomic E-state index is 11.3. The minimum Gasteiger partial charge on any atom is -0.294 e. The third-order valence-electron chi connectivity index (χ3n) is 1.74. The van der Waals surface area contributed by atoms with Crippen LogP contribution < -0.4 is 0 Å². The van der Waals surface area contributed by atoms with Gasteiger partial charge in [0.05, 0.1) is 5.02 Å². The Hall–Kier alpha value is -0.820. The molecule has 0 heterocycles. The van der Waals surface area contributed by atoms with Crippen molar-refractivity contribution in [3.05, 3.63) is 34.3 Å². The highest BCUT2D eigenvalue weighted by Gasteiger charge is 2.07. The number of aryl methyl sites for hydroxylation is 1. The number of rotatable bonds is 2. The molecule has 0 atom stereocenters. The predicted molar refractivity (Wildman–Crippen MR) is 50.8 cm³/mol. The monoisotopic (exact) mass is 182 g/mol. The Kier molecular flexibility index (Phi) is 2.88. The molecule has 0 bridgehead atoms. The molecule has 0 radical (unpaired) electrons. The molecule has 0 unspecified atom stereocenters. The smallest absolute Gasteiger partial charge is 0.164 e. The van der Waals surface area contributed by atoms with E-state index in [4.69, 9.17) is 11.6 Å². The standard InChI is InChI=1S/C10H11ClO/c1-3-10(12)8-6-7(2)4-5-9(8)11/h4-6H,3H2,1-2H3. The zero-order valence-electron chi connectivity index (χ0n) is 7.23. The summed E-state index contributed by atoms with van der Waals surface area (Å²) in [5.74, 6) is 0.101. The number of carbonyl (C=O) groups is 1. The van der Waals surface area contributed by atoms with E-state index < -0.39 is 0 Å². The highest BCUT2D eigenvalue weighted by molar-refractivity contribution is 6.33. The van der Waals surface area contributed by atoms with Crippen molar-refractivity contribution in [1.82, 2.24) is 0 Å². The lowest BCUT2D eigenvalue weighted by Gasteiger charge is -2.01. The van der Waals surface area contributed by atoms with E-state index in [9.17, 15) is 4.79 Å². The fourth-order valence-electron chi connectivity index (χ4n) is 1.04. The molecule has 1 nitrogen and oxygen atoms in total. The van der Waals surface area contributed by atoms with Gasteiger partial charge < -0.3 is 0 Å². The molecule has 0 N–H and O–H groups in total. The number of hydrogen-bond donors (Lipinski definition) is 0. The summed E-state index contributed by atoms with van der Waals surface area (Å²) in [7, 11) is 0. The summed E-state index contributed by atoms with van der Waals surface area (Å²) in [5.41, 5.74) is 1.70. The predicted octanol–water partition coefficient (Wildman–Crippen LogP) is 3.24. The molecule has 0 aliphatic heterocycles. The average molecular weight is 183 g/mol. The molecular weight excluding hydrogens is 172 g/mol. The van der Waals surface area contributed by atoms with Gasteiger partial charge in [-0.1, -0.05) is 30.2 Å². The first-order valence-corrected chi connectivity index (χ1v) is 4.32. The van der Waals surface area contributed by atoms with E-state index in [-0.39, 0.29) is 5.78 Å². The summed E-state index contributed by atoms with van der Waals surface area (Å²) in [6, 6.07) is 5.49. The lowest BCUT2D eigenvalue weighted by molar-refractivity contribution is 0.0988. The van der Waals surface area contributed by atoms with Crippen molar-refractivity contribution >= 4 is 17.4 Å². The van der Waals surface area contributed by atoms with Gasteiger partial charge in [-0.3, -0.25) is 4.79 Å². The second kappa shape index (κ2) is 3.72. The van der Waals surface area contributed by atoms with E-state index in [2.05, 4.69) is 0 Å². The number of benzene rings is 1. The first-order valence-electron chi connectivity index (χ1n) is 3.94. The molecule has 0 aromatic heterocycles. The van der Waals surface area contributed by atoms with E-state index in [1.54, 1.807) is 6.07 Å². The lowest BCUT2D eigenvalue weighted by atomic mass is 10.1. The van der Waals surface area contributed by atoms with Crippen molar-refractivity contribution in [2.45, 2.75) is 20.3 Å². The number of ketones is 1. The van der Waals surface area contributed by atoms with E-state index >= 15 is 0 Å². The first-order chi connectivity index (χ1) is 5.65. The summed E-state index contributed by atoms with van der Waals surface area (Å²) >= 11 is 5.85. The molecule has 2 heteroatoms. The molecule has 1 aromatic carbocycles. The van der Waals surface area contributed by atoms with Gasteiger partial charge >= 0.3 is 0 Å². The molecule has 0 fully saturated rings. The zero-order chi connectivity index (χ0) is 9.14. The van der Waals surface area contributed by atoms with Crippen LogP contribution in [-0.4, -0.2) is 5.78 Å². The van der Waals surface area contributed by atoms with Crippen LogP contribution in [0.3, 0.4) is 0 Å². The minimum absolute atomic E-state index is 0.101. The Morgan fingerprint density at radius 3 is 2.75 bits per heavy atom. The van der Waals surface area contributed by atoms with Gasteiger partial charge in [0.15, 0.2) is 5.78 Å². The van der Waals surface area contributed by atoms with Gasteiger partial charge in [-0.25, -0.2) is 0 Å². The van der Waals surface area contributed by atoms with Crippen LogP contribution in [0.2, 0.25) is 5.02 Å². The molecule has 0 spiro atoms. The maximum atomic E-state index is 11.3. The summed E-state index contributed by atoms with van der Waals surface area (Å²) in [6.45, 7) is 3.78. The van der Waals surface area contributed by atoms with Crippen LogP contribution in [0.5, 0.6) is 0 Å². The van der Waals surface area contributed by atoms with Gasteiger partial charge in [-0.05, 0) is 19.1 Å². The van der Waals surface area contributed by atoms with Gasteiger partial charge in [0, 0.05) is 12.0 Å². The van der Waals surface area contributed by atoms with Crippen LogP contribution in [0, 0.1) is 6.92 Å². The van der Waals surface area contributed by atoms with Crippen LogP contribution in [0.1, 0.15) is 29.3 Å². The normalized spacial score (nSPS) is 9.92. The Bertz CT molecular complexity index is 305. The molecule has 0 saturated carbocycles. The molecule has 0 saturated heterocycles. The fourth-order valence-corrected chi connectivity index (χ4v) is 1.27. The molecule has 0 aliphatic rings. The van der Waals surface area contributed by atoms with E-state index in [1.807, 2.05) is 26.0 Å². The van der Waals surface area contributed by atoms with Gasteiger partial charge in [0.25, 0.3) is 0 Å². The molecule has 0 aliphatic carbocycles. The van der Waals surface area contributed by atoms with E-state index in [0.29, 0.717) is 17.0 Å². The van der Waals surface area contributed by atoms with E-state index in [0.717, 1.165) is 5.56 Å². The van der Waals surface area contributed by atoms with Crippen molar-refractivity contribution in [2.24, 2.45) is 0 Å². The maximum Gasteiger partial charge on any atom is 0.164 e. The number of Topliss-reactive ketones (excluding diaryl/α,β-unsaturated/α-hetero) is 1. The average Bonchev–Trinajstić information content (AvgIpc) is 2.08. The van der Waals surface area contributed by atoms with Crippen LogP contribution in [0.25, 0.3) is 0 Å². The van der Waals surface area contributed by atoms with Crippen LogP contribution in [0.15, 0.2) is 18.2 Å². The van der Waals surface area contributed by atoms with E-state index in [1.165, 1.54) is 0 Å². The minimum atomic E-state index is 0.101. The summed E-state index contributed by atoms with van der Waals surface area (Å²) in [4.78, 5) is 11.3. The summed E-state index contributed by atoms with van der Waals surface area (Å²) in [6.07, 6.45) is 0.503. The Morgan fingerprint density at radius 1 is 1.50 bits per heavy atom. The molecule has 1 aromatic rings. The number of carbonyl (C=O) groups excluding carboxylic acids is 1. The quantitative estimate of drug-likeness (QED) is 0.642. The van der Waals surface area contributed by atoms with Crippen molar-refractivity contribution in [3.63, 3.8) is 0 Å². The van der Waals surface area contributed by atoms with Crippen molar-refractivity contribution in [2.75, 3.05) is 0 Å². The van der Waals surface area contributed by atoms with Gasteiger partial charge in [0.2, 0.25) is 0 Å². The first kappa shape index (κ1) is 9.27. The third-order valence-corrected chi connectivity index (χ3v) is 2.07. The van der Waals surface area contributed by atoms with Crippen LogP contribution >= 0.6 is 11.6 Å². The Labute approximate surface area is 77.4 Å². The highest BCUT2D eigenvalue weighted by atomic mass is 35.5. The van der Waals surface area contributed by atoms with Gasteiger partial charge in [0.1, 0.15) is 0 Å². The van der Waals surface area contributed by atoms with Gasteiger partial charge in [-0.2, -0.15) is 0 Å².